The molecule has 2 N–H and O–H groups in total. The van der Waals surface area contributed by atoms with Crippen LogP contribution in [0.25, 0.3) is 0 Å². The third-order valence-corrected chi connectivity index (χ3v) is 4.65. The lowest BCUT2D eigenvalue weighted by Gasteiger charge is -2.29. The second kappa shape index (κ2) is 11.4. The van der Waals surface area contributed by atoms with Gasteiger partial charge < -0.3 is 25.2 Å². The van der Waals surface area contributed by atoms with E-state index in [0.29, 0.717) is 12.0 Å². The van der Waals surface area contributed by atoms with Gasteiger partial charge in [0.1, 0.15) is 5.60 Å². The van der Waals surface area contributed by atoms with Crippen molar-refractivity contribution in [3.63, 3.8) is 0 Å². The Bertz CT molecular complexity index is 821. The van der Waals surface area contributed by atoms with E-state index < -0.39 is 0 Å². The maximum atomic E-state index is 12.4. The van der Waals surface area contributed by atoms with Gasteiger partial charge in [0.2, 0.25) is 0 Å². The molecule has 7 heteroatoms. The van der Waals surface area contributed by atoms with Gasteiger partial charge in [-0.1, -0.05) is 0 Å². The number of carbonyl (C=O) groups is 2. The second-order valence-electron chi connectivity index (χ2n) is 8.51. The number of rotatable bonds is 5. The molecule has 2 aromatic carbocycles. The Morgan fingerprint density at radius 1 is 1.03 bits per heavy atom. The minimum Gasteiger partial charge on any atom is -0.462 e. The van der Waals surface area contributed by atoms with Gasteiger partial charge in [-0.3, -0.25) is 9.59 Å². The molecule has 1 aliphatic heterocycles. The Labute approximate surface area is 185 Å². The van der Waals surface area contributed by atoms with Gasteiger partial charge in [-0.25, -0.2) is 0 Å². The predicted octanol–water partition coefficient (Wildman–Crippen LogP) is 3.37. The monoisotopic (exact) mass is 426 g/mol. The zero-order chi connectivity index (χ0) is 22.9. The van der Waals surface area contributed by atoms with Crippen molar-refractivity contribution in [2.45, 2.75) is 26.4 Å². The summed E-state index contributed by atoms with van der Waals surface area (Å²) in [5.74, 6) is -0.0838. The average molecular weight is 427 g/mol. The standard InChI is InChI=1S/C19H24N4O.C5H10O2/c1-22(2)17-9-5-16(6-10-17)21-19(24)15-3-7-18(8-4-15)23-13-11-20-12-14-23;1-5(2,3)7-4-6/h3-10,20H,11-14H2,1-2H3,(H,21,24);4H,1-3H3. The molecule has 0 unspecified atom stereocenters. The van der Waals surface area contributed by atoms with Crippen molar-refractivity contribution in [1.29, 1.82) is 0 Å². The van der Waals surface area contributed by atoms with Crippen LogP contribution >= 0.6 is 0 Å². The number of anilines is 3. The van der Waals surface area contributed by atoms with Crippen LogP contribution < -0.4 is 20.4 Å². The Morgan fingerprint density at radius 3 is 2.06 bits per heavy atom. The number of benzene rings is 2. The summed E-state index contributed by atoms with van der Waals surface area (Å²) in [4.78, 5) is 26.3. The SMILES string of the molecule is CC(C)(C)OC=O.CN(C)c1ccc(NC(=O)c2ccc(N3CCNCC3)cc2)cc1. The highest BCUT2D eigenvalue weighted by Crippen LogP contribution is 2.19. The summed E-state index contributed by atoms with van der Waals surface area (Å²) in [5, 5.41) is 6.29. The second-order valence-corrected chi connectivity index (χ2v) is 8.51. The highest BCUT2D eigenvalue weighted by atomic mass is 16.5. The number of ether oxygens (including phenoxy) is 1. The lowest BCUT2D eigenvalue weighted by Crippen LogP contribution is -2.43. The van der Waals surface area contributed by atoms with E-state index in [1.165, 1.54) is 5.69 Å². The Morgan fingerprint density at radius 2 is 1.61 bits per heavy atom. The van der Waals surface area contributed by atoms with E-state index in [1.807, 2.05) is 88.3 Å². The minimum atomic E-state index is -0.318. The van der Waals surface area contributed by atoms with Crippen molar-refractivity contribution in [2.24, 2.45) is 0 Å². The van der Waals surface area contributed by atoms with Crippen molar-refractivity contribution in [3.8, 4) is 0 Å². The van der Waals surface area contributed by atoms with Gasteiger partial charge in [-0.15, -0.1) is 0 Å². The third kappa shape index (κ3) is 8.30. The molecule has 2 aromatic rings. The van der Waals surface area contributed by atoms with Gasteiger partial charge in [0.15, 0.2) is 0 Å². The molecule has 1 fully saturated rings. The fourth-order valence-electron chi connectivity index (χ4n) is 2.94. The zero-order valence-corrected chi connectivity index (χ0v) is 19.1. The van der Waals surface area contributed by atoms with Crippen molar-refractivity contribution in [3.05, 3.63) is 54.1 Å². The van der Waals surface area contributed by atoms with Crippen molar-refractivity contribution in [2.75, 3.05) is 55.4 Å². The van der Waals surface area contributed by atoms with Crippen LogP contribution in [0.1, 0.15) is 31.1 Å². The summed E-state index contributed by atoms with van der Waals surface area (Å²) in [5.41, 5.74) is 3.43. The van der Waals surface area contributed by atoms with Gasteiger partial charge in [0.05, 0.1) is 0 Å². The van der Waals surface area contributed by atoms with E-state index >= 15 is 0 Å². The Kier molecular flexibility index (Phi) is 8.88. The van der Waals surface area contributed by atoms with E-state index in [2.05, 4.69) is 20.3 Å². The number of piperazine rings is 1. The van der Waals surface area contributed by atoms with Crippen LogP contribution in [0.2, 0.25) is 0 Å². The summed E-state index contributed by atoms with van der Waals surface area (Å²) in [6, 6.07) is 15.6. The van der Waals surface area contributed by atoms with Crippen LogP contribution in [-0.4, -0.2) is 58.3 Å². The van der Waals surface area contributed by atoms with Crippen LogP contribution in [0.5, 0.6) is 0 Å². The number of carbonyl (C=O) groups excluding carboxylic acids is 2. The van der Waals surface area contributed by atoms with Gasteiger partial charge in [0.25, 0.3) is 12.4 Å². The molecular formula is C24H34N4O3. The molecule has 168 valence electrons. The molecule has 0 radical (unpaired) electrons. The maximum absolute atomic E-state index is 12.4. The van der Waals surface area contributed by atoms with Crippen molar-refractivity contribution in [1.82, 2.24) is 5.32 Å². The summed E-state index contributed by atoms with van der Waals surface area (Å²) < 4.78 is 4.55. The quantitative estimate of drug-likeness (QED) is 0.714. The molecule has 7 nitrogen and oxygen atoms in total. The van der Waals surface area contributed by atoms with Crippen molar-refractivity contribution >= 4 is 29.4 Å². The number of amides is 1. The van der Waals surface area contributed by atoms with Gasteiger partial charge >= 0.3 is 0 Å². The number of hydrogen-bond donors (Lipinski definition) is 2. The summed E-state index contributed by atoms with van der Waals surface area (Å²) in [7, 11) is 3.99. The maximum Gasteiger partial charge on any atom is 0.293 e. The molecule has 0 aliphatic carbocycles. The highest BCUT2D eigenvalue weighted by molar-refractivity contribution is 6.04. The molecule has 1 aliphatic rings. The van der Waals surface area contributed by atoms with Gasteiger partial charge in [-0.2, -0.15) is 0 Å². The first-order chi connectivity index (χ1) is 14.7. The molecular weight excluding hydrogens is 392 g/mol. The van der Waals surface area contributed by atoms with E-state index in [1.54, 1.807) is 0 Å². The summed E-state index contributed by atoms with van der Waals surface area (Å²) >= 11 is 0. The molecule has 3 rings (SSSR count). The smallest absolute Gasteiger partial charge is 0.293 e. The highest BCUT2D eigenvalue weighted by Gasteiger charge is 2.12. The van der Waals surface area contributed by atoms with Crippen LogP contribution in [-0.2, 0) is 9.53 Å². The fourth-order valence-corrected chi connectivity index (χ4v) is 2.94. The lowest BCUT2D eigenvalue weighted by atomic mass is 10.1. The van der Waals surface area contributed by atoms with Crippen LogP contribution in [0, 0.1) is 0 Å². The number of hydrogen-bond acceptors (Lipinski definition) is 6. The van der Waals surface area contributed by atoms with E-state index in [0.717, 1.165) is 37.6 Å². The van der Waals surface area contributed by atoms with Crippen molar-refractivity contribution < 1.29 is 14.3 Å². The van der Waals surface area contributed by atoms with E-state index in [9.17, 15) is 9.59 Å². The molecule has 0 atom stereocenters. The van der Waals surface area contributed by atoms with Gasteiger partial charge in [0, 0.05) is 62.9 Å². The molecule has 0 saturated carbocycles. The lowest BCUT2D eigenvalue weighted by molar-refractivity contribution is -0.138. The summed E-state index contributed by atoms with van der Waals surface area (Å²) in [6.07, 6.45) is 0. The average Bonchev–Trinajstić information content (AvgIpc) is 2.74. The molecule has 0 spiro atoms. The van der Waals surface area contributed by atoms with Gasteiger partial charge in [-0.05, 0) is 69.3 Å². The first-order valence-corrected chi connectivity index (χ1v) is 10.5. The fraction of sp³-hybridized carbons (Fsp3) is 0.417. The normalized spacial score (nSPS) is 13.5. The number of nitrogens with zero attached hydrogens (tertiary/aromatic N) is 2. The third-order valence-electron chi connectivity index (χ3n) is 4.65. The van der Waals surface area contributed by atoms with Crippen LogP contribution in [0.15, 0.2) is 48.5 Å². The van der Waals surface area contributed by atoms with Crippen LogP contribution in [0.4, 0.5) is 17.1 Å². The topological polar surface area (TPSA) is 73.9 Å². The molecule has 1 amide bonds. The molecule has 1 saturated heterocycles. The summed E-state index contributed by atoms with van der Waals surface area (Å²) in [6.45, 7) is 9.94. The zero-order valence-electron chi connectivity index (χ0n) is 19.1. The molecule has 0 aromatic heterocycles. The van der Waals surface area contributed by atoms with E-state index in [4.69, 9.17) is 0 Å². The predicted molar refractivity (Wildman–Crippen MR) is 127 cm³/mol. The van der Waals surface area contributed by atoms with Crippen LogP contribution in [0.3, 0.4) is 0 Å². The van der Waals surface area contributed by atoms with E-state index in [-0.39, 0.29) is 11.5 Å². The number of nitrogens with one attached hydrogen (secondary N) is 2. The largest absolute Gasteiger partial charge is 0.462 e. The minimum absolute atomic E-state index is 0.0838. The first-order valence-electron chi connectivity index (χ1n) is 10.5. The Balaban J connectivity index is 0.000000423. The first kappa shape index (κ1) is 24.2. The Hall–Kier alpha value is -3.06. The molecule has 31 heavy (non-hydrogen) atoms. The molecule has 1 heterocycles. The molecule has 0 bridgehead atoms.